The molecule has 5 N–H and O–H groups in total. The van der Waals surface area contributed by atoms with Crippen molar-refractivity contribution in [2.75, 3.05) is 6.54 Å². The standard InChI is InChI=1S/C16H29N3O4.C2HF3O2/c1-9(2)8-11(17)14(20)18-13(10(3)4)15(21)19-7-5-6-12(19)16(22)23;3-2(4,5)1(6)7/h9-13H,5-8,17H2,1-4H3,(H,18,20)(H,22,23);(H,6,7)/t11-,12-,13-;/m0./s1. The summed E-state index contributed by atoms with van der Waals surface area (Å²) >= 11 is 0. The zero-order valence-corrected chi connectivity index (χ0v) is 17.4. The van der Waals surface area contributed by atoms with Gasteiger partial charge >= 0.3 is 18.1 Å². The molecule has 2 amide bonds. The molecular formula is C18H30F3N3O6. The lowest BCUT2D eigenvalue weighted by molar-refractivity contribution is -0.192. The number of carboxylic acid groups (broad SMARTS) is 2. The number of aliphatic carboxylic acids is 2. The van der Waals surface area contributed by atoms with Crippen molar-refractivity contribution in [2.45, 2.75) is 71.3 Å². The minimum absolute atomic E-state index is 0.146. The SMILES string of the molecule is CC(C)C[C@H](N)C(=O)N[C@H](C(=O)N1CCC[C@H]1C(=O)O)C(C)C.O=C(O)C(F)(F)F. The number of carboxylic acids is 2. The summed E-state index contributed by atoms with van der Waals surface area (Å²) in [6, 6.07) is -2.22. The van der Waals surface area contributed by atoms with E-state index in [1.54, 1.807) is 0 Å². The zero-order valence-electron chi connectivity index (χ0n) is 17.4. The number of rotatable bonds is 7. The molecule has 0 aromatic carbocycles. The van der Waals surface area contributed by atoms with Crippen LogP contribution in [-0.2, 0) is 19.2 Å². The van der Waals surface area contributed by atoms with E-state index in [1.807, 2.05) is 27.7 Å². The Labute approximate surface area is 172 Å². The Hall–Kier alpha value is -2.37. The fourth-order valence-corrected chi connectivity index (χ4v) is 2.85. The minimum atomic E-state index is -5.08. The van der Waals surface area contributed by atoms with Crippen molar-refractivity contribution in [2.24, 2.45) is 17.6 Å². The van der Waals surface area contributed by atoms with E-state index in [4.69, 9.17) is 15.6 Å². The van der Waals surface area contributed by atoms with Crippen molar-refractivity contribution in [3.8, 4) is 0 Å². The molecule has 1 fully saturated rings. The number of nitrogens with zero attached hydrogens (tertiary/aromatic N) is 1. The molecule has 0 radical (unpaired) electrons. The average Bonchev–Trinajstić information content (AvgIpc) is 3.07. The molecule has 0 bridgehead atoms. The van der Waals surface area contributed by atoms with Crippen LogP contribution in [0.1, 0.15) is 47.0 Å². The Balaban J connectivity index is 0.00000103. The molecule has 0 saturated carbocycles. The van der Waals surface area contributed by atoms with E-state index in [2.05, 4.69) is 5.32 Å². The Morgan fingerprint density at radius 2 is 1.63 bits per heavy atom. The first-order valence-electron chi connectivity index (χ1n) is 9.48. The Morgan fingerprint density at radius 3 is 2.00 bits per heavy atom. The number of nitrogens with one attached hydrogen (secondary N) is 1. The first-order valence-corrected chi connectivity index (χ1v) is 9.48. The summed E-state index contributed by atoms with van der Waals surface area (Å²) in [5.41, 5.74) is 5.86. The van der Waals surface area contributed by atoms with Crippen molar-refractivity contribution in [1.82, 2.24) is 10.2 Å². The predicted molar refractivity (Wildman–Crippen MR) is 100 cm³/mol. The summed E-state index contributed by atoms with van der Waals surface area (Å²) in [5, 5.41) is 19.1. The van der Waals surface area contributed by atoms with Crippen molar-refractivity contribution in [3.05, 3.63) is 0 Å². The summed E-state index contributed by atoms with van der Waals surface area (Å²) in [5.74, 6) is -4.33. The summed E-state index contributed by atoms with van der Waals surface area (Å²) < 4.78 is 31.7. The van der Waals surface area contributed by atoms with Gasteiger partial charge in [-0.1, -0.05) is 27.7 Å². The number of alkyl halides is 3. The molecule has 30 heavy (non-hydrogen) atoms. The predicted octanol–water partition coefficient (Wildman–Crippen LogP) is 1.21. The first kappa shape index (κ1) is 27.6. The van der Waals surface area contributed by atoms with E-state index in [-0.39, 0.29) is 23.7 Å². The van der Waals surface area contributed by atoms with E-state index in [1.165, 1.54) is 4.90 Å². The molecule has 1 aliphatic rings. The molecule has 9 nitrogen and oxygen atoms in total. The maximum absolute atomic E-state index is 12.7. The molecule has 174 valence electrons. The third kappa shape index (κ3) is 8.97. The molecule has 1 aliphatic heterocycles. The zero-order chi connectivity index (χ0) is 23.8. The lowest BCUT2D eigenvalue weighted by Gasteiger charge is -2.30. The number of hydrogen-bond acceptors (Lipinski definition) is 5. The van der Waals surface area contributed by atoms with E-state index < -0.39 is 36.2 Å². The summed E-state index contributed by atoms with van der Waals surface area (Å²) in [4.78, 5) is 46.4. The van der Waals surface area contributed by atoms with Gasteiger partial charge in [-0.3, -0.25) is 9.59 Å². The highest BCUT2D eigenvalue weighted by molar-refractivity contribution is 5.92. The molecule has 0 aromatic heterocycles. The van der Waals surface area contributed by atoms with E-state index >= 15 is 0 Å². The smallest absolute Gasteiger partial charge is 0.480 e. The Morgan fingerprint density at radius 1 is 1.13 bits per heavy atom. The first-order chi connectivity index (χ1) is 13.6. The van der Waals surface area contributed by atoms with Crippen molar-refractivity contribution in [1.29, 1.82) is 0 Å². The fourth-order valence-electron chi connectivity index (χ4n) is 2.85. The molecule has 0 aliphatic carbocycles. The summed E-state index contributed by atoms with van der Waals surface area (Å²) in [6.07, 6.45) is -3.44. The third-order valence-electron chi connectivity index (χ3n) is 4.36. The molecular weight excluding hydrogens is 411 g/mol. The number of amides is 2. The molecule has 0 aromatic rings. The number of carbonyl (C=O) groups excluding carboxylic acids is 2. The number of likely N-dealkylation sites (tertiary alicyclic amines) is 1. The number of nitrogens with two attached hydrogens (primary N) is 1. The Kier molecular flexibility index (Phi) is 10.8. The van der Waals surface area contributed by atoms with Crippen molar-refractivity contribution >= 4 is 23.8 Å². The van der Waals surface area contributed by atoms with Crippen LogP contribution in [0.4, 0.5) is 13.2 Å². The fraction of sp³-hybridized carbons (Fsp3) is 0.778. The van der Waals surface area contributed by atoms with E-state index in [9.17, 15) is 32.7 Å². The van der Waals surface area contributed by atoms with Crippen LogP contribution >= 0.6 is 0 Å². The summed E-state index contributed by atoms with van der Waals surface area (Å²) in [7, 11) is 0. The van der Waals surface area contributed by atoms with Crippen LogP contribution in [0, 0.1) is 11.8 Å². The second-order valence-corrected chi connectivity index (χ2v) is 7.80. The molecule has 1 saturated heterocycles. The molecule has 3 atom stereocenters. The quantitative estimate of drug-likeness (QED) is 0.464. The highest BCUT2D eigenvalue weighted by Gasteiger charge is 2.39. The monoisotopic (exact) mass is 441 g/mol. The van der Waals surface area contributed by atoms with Crippen molar-refractivity contribution in [3.63, 3.8) is 0 Å². The van der Waals surface area contributed by atoms with Crippen LogP contribution in [-0.4, -0.2) is 69.7 Å². The second kappa shape index (κ2) is 11.7. The molecule has 1 heterocycles. The van der Waals surface area contributed by atoms with Gasteiger partial charge in [-0.25, -0.2) is 9.59 Å². The van der Waals surface area contributed by atoms with Crippen molar-refractivity contribution < 1.29 is 42.6 Å². The van der Waals surface area contributed by atoms with Gasteiger partial charge in [0.25, 0.3) is 0 Å². The van der Waals surface area contributed by atoms with E-state index in [0.29, 0.717) is 25.8 Å². The maximum Gasteiger partial charge on any atom is 0.490 e. The highest BCUT2D eigenvalue weighted by atomic mass is 19.4. The van der Waals surface area contributed by atoms with Gasteiger partial charge in [-0.05, 0) is 31.1 Å². The lowest BCUT2D eigenvalue weighted by atomic mass is 10.00. The number of halogens is 3. The van der Waals surface area contributed by atoms with Gasteiger partial charge in [0, 0.05) is 6.54 Å². The molecule has 0 unspecified atom stereocenters. The van der Waals surface area contributed by atoms with Gasteiger partial charge in [0.15, 0.2) is 0 Å². The number of carbonyl (C=O) groups is 4. The highest BCUT2D eigenvalue weighted by Crippen LogP contribution is 2.20. The largest absolute Gasteiger partial charge is 0.490 e. The normalized spacial score (nSPS) is 18.5. The van der Waals surface area contributed by atoms with Crippen LogP contribution in [0.15, 0.2) is 0 Å². The van der Waals surface area contributed by atoms with E-state index in [0.717, 1.165) is 0 Å². The van der Waals surface area contributed by atoms with Crippen LogP contribution < -0.4 is 11.1 Å². The van der Waals surface area contributed by atoms with Gasteiger partial charge in [-0.2, -0.15) is 13.2 Å². The molecule has 12 heteroatoms. The number of hydrogen-bond donors (Lipinski definition) is 4. The topological polar surface area (TPSA) is 150 Å². The van der Waals surface area contributed by atoms with Gasteiger partial charge in [0.05, 0.1) is 6.04 Å². The lowest BCUT2D eigenvalue weighted by Crippen LogP contribution is -2.56. The summed E-state index contributed by atoms with van der Waals surface area (Å²) in [6.45, 7) is 8.00. The third-order valence-corrected chi connectivity index (χ3v) is 4.36. The van der Waals surface area contributed by atoms with Gasteiger partial charge in [0.1, 0.15) is 12.1 Å². The van der Waals surface area contributed by atoms with Crippen LogP contribution in [0.25, 0.3) is 0 Å². The van der Waals surface area contributed by atoms with Crippen LogP contribution in [0.2, 0.25) is 0 Å². The minimum Gasteiger partial charge on any atom is -0.480 e. The second-order valence-electron chi connectivity index (χ2n) is 7.80. The molecule has 0 spiro atoms. The van der Waals surface area contributed by atoms with Gasteiger partial charge in [-0.15, -0.1) is 0 Å². The molecule has 1 rings (SSSR count). The van der Waals surface area contributed by atoms with Crippen LogP contribution in [0.3, 0.4) is 0 Å². The Bertz CT molecular complexity index is 625. The maximum atomic E-state index is 12.7. The van der Waals surface area contributed by atoms with Crippen LogP contribution in [0.5, 0.6) is 0 Å². The van der Waals surface area contributed by atoms with Gasteiger partial charge < -0.3 is 26.2 Å². The van der Waals surface area contributed by atoms with Gasteiger partial charge in [0.2, 0.25) is 11.8 Å². The average molecular weight is 441 g/mol.